The van der Waals surface area contributed by atoms with E-state index in [1.807, 2.05) is 37.3 Å². The molecule has 8 heteroatoms. The number of rotatable bonds is 5. The monoisotopic (exact) mass is 466 g/mol. The molecule has 3 rings (SSSR count). The standard InChI is InChI=1S/C20H23BrN2O4S/c1-14-7-8-18(27-2)19(13-14)28(25,26)23-11-9-15(10-12-23)20(24)22-17-6-4-3-5-16(17)21/h3-8,13,15H,9-12H2,1-2H3,(H,22,24). The molecule has 0 spiro atoms. The number of methoxy groups -OCH3 is 1. The lowest BCUT2D eigenvalue weighted by Gasteiger charge is -2.31. The molecular formula is C20H23BrN2O4S. The van der Waals surface area contributed by atoms with Gasteiger partial charge in [-0.3, -0.25) is 4.79 Å². The Morgan fingerprint density at radius 3 is 2.50 bits per heavy atom. The van der Waals surface area contributed by atoms with E-state index in [1.54, 1.807) is 12.1 Å². The number of aryl methyl sites for hydroxylation is 1. The van der Waals surface area contributed by atoms with Gasteiger partial charge in [0.05, 0.1) is 12.8 Å². The highest BCUT2D eigenvalue weighted by atomic mass is 79.9. The Hall–Kier alpha value is -1.90. The number of ether oxygens (including phenoxy) is 1. The first-order valence-corrected chi connectivity index (χ1v) is 11.3. The molecule has 2 aromatic rings. The van der Waals surface area contributed by atoms with Crippen molar-refractivity contribution in [2.75, 3.05) is 25.5 Å². The number of carbonyl (C=O) groups is 1. The summed E-state index contributed by atoms with van der Waals surface area (Å²) in [6.45, 7) is 2.44. The summed E-state index contributed by atoms with van der Waals surface area (Å²) >= 11 is 3.42. The van der Waals surface area contributed by atoms with E-state index in [0.29, 0.717) is 37.4 Å². The van der Waals surface area contributed by atoms with Crippen LogP contribution in [0.5, 0.6) is 5.75 Å². The fraction of sp³-hybridized carbons (Fsp3) is 0.350. The minimum atomic E-state index is -3.67. The molecule has 0 saturated carbocycles. The molecule has 6 nitrogen and oxygen atoms in total. The molecule has 0 bridgehead atoms. The van der Waals surface area contributed by atoms with Crippen LogP contribution in [0, 0.1) is 12.8 Å². The predicted octanol–water partition coefficient (Wildman–Crippen LogP) is 3.81. The molecule has 1 N–H and O–H groups in total. The number of halogens is 1. The molecule has 0 unspecified atom stereocenters. The maximum atomic E-state index is 13.1. The number of hydrogen-bond donors (Lipinski definition) is 1. The van der Waals surface area contributed by atoms with Crippen molar-refractivity contribution < 1.29 is 17.9 Å². The SMILES string of the molecule is COc1ccc(C)cc1S(=O)(=O)N1CCC(C(=O)Nc2ccccc2Br)CC1. The van der Waals surface area contributed by atoms with Crippen molar-refractivity contribution in [1.29, 1.82) is 0 Å². The van der Waals surface area contributed by atoms with E-state index in [1.165, 1.54) is 11.4 Å². The molecule has 28 heavy (non-hydrogen) atoms. The fourth-order valence-electron chi connectivity index (χ4n) is 3.28. The van der Waals surface area contributed by atoms with E-state index >= 15 is 0 Å². The number of carbonyl (C=O) groups excluding carboxylic acids is 1. The zero-order valence-electron chi connectivity index (χ0n) is 15.8. The number of nitrogens with zero attached hydrogens (tertiary/aromatic N) is 1. The summed E-state index contributed by atoms with van der Waals surface area (Å²) in [7, 11) is -2.21. The number of sulfonamides is 1. The highest BCUT2D eigenvalue weighted by molar-refractivity contribution is 9.10. The largest absolute Gasteiger partial charge is 0.495 e. The van der Waals surface area contributed by atoms with Gasteiger partial charge in [-0.25, -0.2) is 8.42 Å². The lowest BCUT2D eigenvalue weighted by Crippen LogP contribution is -2.41. The third-order valence-electron chi connectivity index (χ3n) is 4.89. The van der Waals surface area contributed by atoms with Crippen molar-refractivity contribution >= 4 is 37.5 Å². The maximum absolute atomic E-state index is 13.1. The maximum Gasteiger partial charge on any atom is 0.246 e. The molecule has 1 amide bonds. The van der Waals surface area contributed by atoms with Gasteiger partial charge in [-0.2, -0.15) is 4.31 Å². The zero-order valence-corrected chi connectivity index (χ0v) is 18.2. The Balaban J connectivity index is 1.69. The van der Waals surface area contributed by atoms with Crippen LogP contribution in [0.1, 0.15) is 18.4 Å². The van der Waals surface area contributed by atoms with E-state index in [0.717, 1.165) is 10.0 Å². The van der Waals surface area contributed by atoms with Gasteiger partial charge in [-0.15, -0.1) is 0 Å². The first-order chi connectivity index (χ1) is 13.3. The second kappa shape index (κ2) is 8.63. The summed E-state index contributed by atoms with van der Waals surface area (Å²) in [4.78, 5) is 12.7. The van der Waals surface area contributed by atoms with Crippen LogP contribution in [0.2, 0.25) is 0 Å². The number of nitrogens with one attached hydrogen (secondary N) is 1. The Bertz CT molecular complexity index is 970. The van der Waals surface area contributed by atoms with Crippen molar-refractivity contribution in [2.24, 2.45) is 5.92 Å². The summed E-state index contributed by atoms with van der Waals surface area (Å²) in [6.07, 6.45) is 0.952. The quantitative estimate of drug-likeness (QED) is 0.726. The van der Waals surface area contributed by atoms with Crippen LogP contribution in [-0.2, 0) is 14.8 Å². The van der Waals surface area contributed by atoms with E-state index < -0.39 is 10.0 Å². The van der Waals surface area contributed by atoms with Crippen LogP contribution in [0.4, 0.5) is 5.69 Å². The van der Waals surface area contributed by atoms with Gasteiger partial charge in [0.2, 0.25) is 15.9 Å². The van der Waals surface area contributed by atoms with Crippen molar-refractivity contribution in [3.63, 3.8) is 0 Å². The molecule has 0 radical (unpaired) electrons. The minimum absolute atomic E-state index is 0.0860. The highest BCUT2D eigenvalue weighted by Gasteiger charge is 2.33. The highest BCUT2D eigenvalue weighted by Crippen LogP contribution is 2.31. The van der Waals surface area contributed by atoms with Gasteiger partial charge in [-0.1, -0.05) is 18.2 Å². The lowest BCUT2D eigenvalue weighted by atomic mass is 9.97. The summed E-state index contributed by atoms with van der Waals surface area (Å²) in [5.41, 5.74) is 1.56. The summed E-state index contributed by atoms with van der Waals surface area (Å²) in [5, 5.41) is 2.92. The number of piperidine rings is 1. The minimum Gasteiger partial charge on any atom is -0.495 e. The van der Waals surface area contributed by atoms with E-state index in [2.05, 4.69) is 21.2 Å². The van der Waals surface area contributed by atoms with Gasteiger partial charge in [-0.05, 0) is 65.5 Å². The fourth-order valence-corrected chi connectivity index (χ4v) is 5.37. The van der Waals surface area contributed by atoms with Gasteiger partial charge < -0.3 is 10.1 Å². The number of hydrogen-bond acceptors (Lipinski definition) is 4. The van der Waals surface area contributed by atoms with E-state index in [-0.39, 0.29) is 16.7 Å². The molecule has 0 aromatic heterocycles. The third kappa shape index (κ3) is 4.39. The van der Waals surface area contributed by atoms with Crippen LogP contribution < -0.4 is 10.1 Å². The van der Waals surface area contributed by atoms with Gasteiger partial charge in [0.15, 0.2) is 0 Å². The van der Waals surface area contributed by atoms with Crippen molar-refractivity contribution in [3.8, 4) is 5.75 Å². The van der Waals surface area contributed by atoms with Crippen LogP contribution in [-0.4, -0.2) is 38.8 Å². The van der Waals surface area contributed by atoms with Crippen LogP contribution in [0.3, 0.4) is 0 Å². The summed E-state index contributed by atoms with van der Waals surface area (Å²) < 4.78 is 33.6. The van der Waals surface area contributed by atoms with Crippen LogP contribution >= 0.6 is 15.9 Å². The average molecular weight is 467 g/mol. The number of para-hydroxylation sites is 1. The first kappa shape index (κ1) is 20.8. The molecular weight excluding hydrogens is 444 g/mol. The Labute approximate surface area is 174 Å². The lowest BCUT2D eigenvalue weighted by molar-refractivity contribution is -0.120. The van der Waals surface area contributed by atoms with Gasteiger partial charge in [0.1, 0.15) is 10.6 Å². The summed E-state index contributed by atoms with van der Waals surface area (Å²) in [5.74, 6) is 0.0226. The molecule has 1 aliphatic heterocycles. The number of benzene rings is 2. The van der Waals surface area contributed by atoms with Gasteiger partial charge >= 0.3 is 0 Å². The molecule has 1 saturated heterocycles. The smallest absolute Gasteiger partial charge is 0.246 e. The Morgan fingerprint density at radius 2 is 1.86 bits per heavy atom. The number of anilines is 1. The Morgan fingerprint density at radius 1 is 1.18 bits per heavy atom. The molecule has 0 atom stereocenters. The second-order valence-corrected chi connectivity index (χ2v) is 9.56. The second-order valence-electron chi connectivity index (χ2n) is 6.80. The molecule has 1 fully saturated rings. The van der Waals surface area contributed by atoms with E-state index in [9.17, 15) is 13.2 Å². The van der Waals surface area contributed by atoms with Crippen molar-refractivity contribution in [3.05, 3.63) is 52.5 Å². The molecule has 1 heterocycles. The molecule has 2 aromatic carbocycles. The number of amides is 1. The zero-order chi connectivity index (χ0) is 20.3. The van der Waals surface area contributed by atoms with E-state index in [4.69, 9.17) is 4.74 Å². The first-order valence-electron chi connectivity index (χ1n) is 9.03. The molecule has 150 valence electrons. The van der Waals surface area contributed by atoms with Crippen molar-refractivity contribution in [1.82, 2.24) is 4.31 Å². The van der Waals surface area contributed by atoms with Crippen LogP contribution in [0.25, 0.3) is 0 Å². The van der Waals surface area contributed by atoms with Crippen LogP contribution in [0.15, 0.2) is 51.8 Å². The predicted molar refractivity (Wildman–Crippen MR) is 112 cm³/mol. The molecule has 0 aliphatic carbocycles. The van der Waals surface area contributed by atoms with Crippen molar-refractivity contribution in [2.45, 2.75) is 24.7 Å². The molecule has 1 aliphatic rings. The normalized spacial score (nSPS) is 16.0. The third-order valence-corrected chi connectivity index (χ3v) is 7.50. The van der Waals surface area contributed by atoms with Gasteiger partial charge in [0.25, 0.3) is 0 Å². The average Bonchev–Trinajstić information content (AvgIpc) is 2.69. The Kier molecular flexibility index (Phi) is 6.42. The van der Waals surface area contributed by atoms with Gasteiger partial charge in [0, 0.05) is 23.5 Å². The topological polar surface area (TPSA) is 75.7 Å². The summed E-state index contributed by atoms with van der Waals surface area (Å²) in [6, 6.07) is 12.5.